The summed E-state index contributed by atoms with van der Waals surface area (Å²) < 4.78 is 1.48. The fourth-order valence-corrected chi connectivity index (χ4v) is 2.04. The summed E-state index contributed by atoms with van der Waals surface area (Å²) in [4.78, 5) is 12.2. The van der Waals surface area contributed by atoms with Crippen molar-refractivity contribution in [2.24, 2.45) is 12.8 Å². The van der Waals surface area contributed by atoms with Crippen LogP contribution in [0.15, 0.2) is 24.4 Å². The lowest BCUT2D eigenvalue weighted by Crippen LogP contribution is -2.23. The number of rotatable bonds is 3. The number of carbonyl (C=O) groups excluding carboxylic acids is 1. The topological polar surface area (TPSA) is 85.0 Å². The first kappa shape index (κ1) is 15.3. The number of carbonyl (C=O) groups is 1. The molecule has 0 saturated carbocycles. The first-order valence-corrected chi connectivity index (χ1v) is 6.83. The van der Waals surface area contributed by atoms with E-state index in [-0.39, 0.29) is 4.99 Å². The van der Waals surface area contributed by atoms with Gasteiger partial charge in [0.05, 0.1) is 11.8 Å². The molecular weight excluding hydrogens is 310 g/mol. The van der Waals surface area contributed by atoms with Gasteiger partial charge in [-0.3, -0.25) is 10.00 Å². The minimum atomic E-state index is -0.434. The van der Waals surface area contributed by atoms with Crippen molar-refractivity contribution < 1.29 is 4.79 Å². The molecule has 0 fully saturated rings. The van der Waals surface area contributed by atoms with Crippen LogP contribution in [0.5, 0.6) is 0 Å². The molecule has 0 aliphatic carbocycles. The van der Waals surface area contributed by atoms with Gasteiger partial charge in [0.2, 0.25) is 0 Å². The van der Waals surface area contributed by atoms with Gasteiger partial charge in [-0.2, -0.15) is 5.10 Å². The van der Waals surface area contributed by atoms with Crippen LogP contribution < -0.4 is 16.4 Å². The second-order valence-corrected chi connectivity index (χ2v) is 5.28. The Morgan fingerprint density at radius 1 is 1.43 bits per heavy atom. The summed E-state index contributed by atoms with van der Waals surface area (Å²) in [6.07, 6.45) is 1.50. The Labute approximate surface area is 132 Å². The zero-order valence-corrected chi connectivity index (χ0v) is 13.0. The molecule has 0 bridgehead atoms. The van der Waals surface area contributed by atoms with E-state index in [1.54, 1.807) is 19.2 Å². The molecule has 4 N–H and O–H groups in total. The molecule has 6 nitrogen and oxygen atoms in total. The predicted octanol–water partition coefficient (Wildman–Crippen LogP) is 2.66. The van der Waals surface area contributed by atoms with Crippen LogP contribution in [0, 0.1) is 6.92 Å². The van der Waals surface area contributed by atoms with Crippen molar-refractivity contribution in [3.05, 3.63) is 40.5 Å². The number of urea groups is 1. The Morgan fingerprint density at radius 3 is 2.76 bits per heavy atom. The third-order valence-corrected chi connectivity index (χ3v) is 3.49. The number of halogens is 1. The fourth-order valence-electron chi connectivity index (χ4n) is 1.71. The molecule has 2 amide bonds. The molecule has 110 valence electrons. The summed E-state index contributed by atoms with van der Waals surface area (Å²) >= 11 is 10.9. The standard InChI is InChI=1S/C13H14ClN5OS/c1-7-3-4-8(5-10(7)14)17-13(20)18-12-9(11(15)21)6-16-19(12)2/h3-6H,1-2H3,(H2,15,21)(H2,17,18,20). The highest BCUT2D eigenvalue weighted by Gasteiger charge is 2.14. The van der Waals surface area contributed by atoms with Gasteiger partial charge in [0, 0.05) is 17.8 Å². The third kappa shape index (κ3) is 3.50. The average molecular weight is 324 g/mol. The zero-order valence-electron chi connectivity index (χ0n) is 11.5. The van der Waals surface area contributed by atoms with Crippen LogP contribution in [0.25, 0.3) is 0 Å². The van der Waals surface area contributed by atoms with Crippen molar-refractivity contribution in [1.82, 2.24) is 9.78 Å². The van der Waals surface area contributed by atoms with Gasteiger partial charge in [-0.05, 0) is 24.6 Å². The Morgan fingerprint density at radius 2 is 2.14 bits per heavy atom. The Bertz CT molecular complexity index is 713. The van der Waals surface area contributed by atoms with E-state index in [0.717, 1.165) is 5.56 Å². The maximum Gasteiger partial charge on any atom is 0.324 e. The van der Waals surface area contributed by atoms with Crippen LogP contribution in [-0.2, 0) is 7.05 Å². The number of nitrogens with one attached hydrogen (secondary N) is 2. The minimum absolute atomic E-state index is 0.164. The third-order valence-electron chi connectivity index (χ3n) is 2.87. The number of hydrogen-bond donors (Lipinski definition) is 3. The quantitative estimate of drug-likeness (QED) is 0.758. The van der Waals surface area contributed by atoms with E-state index in [4.69, 9.17) is 29.6 Å². The van der Waals surface area contributed by atoms with Crippen molar-refractivity contribution in [2.45, 2.75) is 6.92 Å². The van der Waals surface area contributed by atoms with Crippen LogP contribution in [0.3, 0.4) is 0 Å². The van der Waals surface area contributed by atoms with Gasteiger partial charge in [0.1, 0.15) is 10.8 Å². The van der Waals surface area contributed by atoms with Crippen LogP contribution >= 0.6 is 23.8 Å². The van der Waals surface area contributed by atoms with E-state index >= 15 is 0 Å². The van der Waals surface area contributed by atoms with Crippen molar-refractivity contribution in [1.29, 1.82) is 0 Å². The first-order chi connectivity index (χ1) is 9.88. The maximum atomic E-state index is 12.0. The number of benzene rings is 1. The fraction of sp³-hybridized carbons (Fsp3) is 0.154. The lowest BCUT2D eigenvalue weighted by Gasteiger charge is -2.10. The van der Waals surface area contributed by atoms with Gasteiger partial charge >= 0.3 is 6.03 Å². The highest BCUT2D eigenvalue weighted by atomic mass is 35.5. The molecule has 0 unspecified atom stereocenters. The van der Waals surface area contributed by atoms with Gasteiger partial charge in [0.15, 0.2) is 0 Å². The zero-order chi connectivity index (χ0) is 15.6. The number of hydrogen-bond acceptors (Lipinski definition) is 3. The monoisotopic (exact) mass is 323 g/mol. The molecule has 1 heterocycles. The number of anilines is 2. The average Bonchev–Trinajstić information content (AvgIpc) is 2.76. The Hall–Kier alpha value is -2.12. The molecule has 1 aromatic heterocycles. The minimum Gasteiger partial charge on any atom is -0.389 e. The molecule has 2 aromatic rings. The summed E-state index contributed by atoms with van der Waals surface area (Å²) in [6, 6.07) is 4.82. The number of amides is 2. The molecule has 0 atom stereocenters. The molecule has 1 aromatic carbocycles. The van der Waals surface area contributed by atoms with Gasteiger partial charge in [0.25, 0.3) is 0 Å². The summed E-state index contributed by atoms with van der Waals surface area (Å²) in [6.45, 7) is 1.89. The van der Waals surface area contributed by atoms with E-state index in [2.05, 4.69) is 15.7 Å². The molecule has 0 aliphatic heterocycles. The van der Waals surface area contributed by atoms with E-state index in [9.17, 15) is 4.79 Å². The van der Waals surface area contributed by atoms with Crippen LogP contribution in [0.2, 0.25) is 5.02 Å². The van der Waals surface area contributed by atoms with Gasteiger partial charge in [-0.1, -0.05) is 29.9 Å². The summed E-state index contributed by atoms with van der Waals surface area (Å²) in [5.74, 6) is 0.429. The van der Waals surface area contributed by atoms with E-state index in [0.29, 0.717) is 22.1 Å². The van der Waals surface area contributed by atoms with Crippen LogP contribution in [0.4, 0.5) is 16.3 Å². The smallest absolute Gasteiger partial charge is 0.324 e. The molecule has 0 radical (unpaired) electrons. The van der Waals surface area contributed by atoms with E-state index < -0.39 is 6.03 Å². The van der Waals surface area contributed by atoms with Crippen molar-refractivity contribution in [2.75, 3.05) is 10.6 Å². The molecule has 0 aliphatic rings. The second kappa shape index (κ2) is 6.11. The van der Waals surface area contributed by atoms with Crippen molar-refractivity contribution >= 4 is 46.3 Å². The number of aromatic nitrogens is 2. The van der Waals surface area contributed by atoms with Gasteiger partial charge in [-0.25, -0.2) is 4.79 Å². The number of thiocarbonyl (C=S) groups is 1. The van der Waals surface area contributed by atoms with Crippen molar-refractivity contribution in [3.8, 4) is 0 Å². The van der Waals surface area contributed by atoms with E-state index in [1.807, 2.05) is 13.0 Å². The second-order valence-electron chi connectivity index (χ2n) is 4.44. The normalized spacial score (nSPS) is 10.2. The lowest BCUT2D eigenvalue weighted by molar-refractivity contribution is 0.262. The largest absolute Gasteiger partial charge is 0.389 e. The Balaban J connectivity index is 2.13. The Kier molecular flexibility index (Phi) is 4.44. The molecule has 0 spiro atoms. The van der Waals surface area contributed by atoms with Gasteiger partial charge < -0.3 is 11.1 Å². The molecule has 8 heteroatoms. The lowest BCUT2D eigenvalue weighted by atomic mass is 10.2. The van der Waals surface area contributed by atoms with Gasteiger partial charge in [-0.15, -0.1) is 0 Å². The highest BCUT2D eigenvalue weighted by Crippen LogP contribution is 2.20. The van der Waals surface area contributed by atoms with Crippen LogP contribution in [0.1, 0.15) is 11.1 Å². The summed E-state index contributed by atoms with van der Waals surface area (Å²) in [7, 11) is 1.68. The molecule has 0 saturated heterocycles. The van der Waals surface area contributed by atoms with E-state index in [1.165, 1.54) is 10.9 Å². The molecular formula is C13H14ClN5OS. The van der Waals surface area contributed by atoms with Crippen LogP contribution in [-0.4, -0.2) is 20.8 Å². The molecule has 2 rings (SSSR count). The number of aryl methyl sites for hydroxylation is 2. The number of nitrogens with zero attached hydrogens (tertiary/aromatic N) is 2. The predicted molar refractivity (Wildman–Crippen MR) is 87.9 cm³/mol. The maximum absolute atomic E-state index is 12.0. The van der Waals surface area contributed by atoms with Crippen molar-refractivity contribution in [3.63, 3.8) is 0 Å². The first-order valence-electron chi connectivity index (χ1n) is 6.04. The molecule has 21 heavy (non-hydrogen) atoms. The highest BCUT2D eigenvalue weighted by molar-refractivity contribution is 7.80. The summed E-state index contributed by atoms with van der Waals surface area (Å²) in [5.41, 5.74) is 7.61. The summed E-state index contributed by atoms with van der Waals surface area (Å²) in [5, 5.41) is 9.93. The number of nitrogens with two attached hydrogens (primary N) is 1. The SMILES string of the molecule is Cc1ccc(NC(=O)Nc2c(C(N)=S)cnn2C)cc1Cl.